The van der Waals surface area contributed by atoms with Gasteiger partial charge in [-0.3, -0.25) is 0 Å². The predicted molar refractivity (Wildman–Crippen MR) is 71.9 cm³/mol. The molecule has 0 bridgehead atoms. The van der Waals surface area contributed by atoms with Crippen molar-refractivity contribution < 1.29 is 14.6 Å². The van der Waals surface area contributed by atoms with E-state index in [2.05, 4.69) is 0 Å². The maximum absolute atomic E-state index is 11.0. The van der Waals surface area contributed by atoms with Crippen LogP contribution < -0.4 is 4.74 Å². The Morgan fingerprint density at radius 3 is 2.89 bits per heavy atom. The minimum atomic E-state index is -1.02. The van der Waals surface area contributed by atoms with Crippen LogP contribution in [0.25, 0.3) is 0 Å². The Balaban J connectivity index is 2.03. The molecule has 2 aromatic rings. The van der Waals surface area contributed by atoms with Crippen LogP contribution in [0.5, 0.6) is 5.75 Å². The van der Waals surface area contributed by atoms with Crippen molar-refractivity contribution in [3.05, 3.63) is 51.2 Å². The molecule has 0 aliphatic rings. The maximum Gasteiger partial charge on any atom is 0.339 e. The van der Waals surface area contributed by atoms with Gasteiger partial charge in [0.15, 0.2) is 0 Å². The molecule has 1 aromatic heterocycles. The van der Waals surface area contributed by atoms with E-state index in [4.69, 9.17) is 21.4 Å². The second-order valence-corrected chi connectivity index (χ2v) is 5.09. The number of ether oxygens (including phenoxy) is 1. The Bertz CT molecular complexity index is 537. The molecule has 0 unspecified atom stereocenters. The number of rotatable bonds is 5. The molecular weight excluding hydrogens is 272 g/mol. The van der Waals surface area contributed by atoms with E-state index in [0.29, 0.717) is 17.4 Å². The Labute approximate surface area is 114 Å². The van der Waals surface area contributed by atoms with Gasteiger partial charge in [-0.25, -0.2) is 4.79 Å². The quantitative estimate of drug-likeness (QED) is 0.909. The van der Waals surface area contributed by atoms with E-state index in [0.717, 1.165) is 6.42 Å². The summed E-state index contributed by atoms with van der Waals surface area (Å²) in [4.78, 5) is 12.2. The number of hydrogen-bond donors (Lipinski definition) is 1. The molecule has 0 fully saturated rings. The topological polar surface area (TPSA) is 46.5 Å². The van der Waals surface area contributed by atoms with Crippen LogP contribution in [-0.2, 0) is 6.42 Å². The molecule has 0 amide bonds. The third-order valence-electron chi connectivity index (χ3n) is 2.36. The highest BCUT2D eigenvalue weighted by molar-refractivity contribution is 7.09. The van der Waals surface area contributed by atoms with Crippen LogP contribution in [0.4, 0.5) is 0 Å². The lowest BCUT2D eigenvalue weighted by Crippen LogP contribution is -2.05. The Morgan fingerprint density at radius 2 is 2.22 bits per heavy atom. The van der Waals surface area contributed by atoms with Crippen LogP contribution in [0, 0.1) is 0 Å². The van der Waals surface area contributed by atoms with E-state index in [1.54, 1.807) is 11.3 Å². The number of carboxylic acids is 1. The van der Waals surface area contributed by atoms with Crippen molar-refractivity contribution in [3.63, 3.8) is 0 Å². The molecule has 0 saturated carbocycles. The van der Waals surface area contributed by atoms with E-state index in [-0.39, 0.29) is 5.56 Å². The van der Waals surface area contributed by atoms with Gasteiger partial charge in [0.1, 0.15) is 11.3 Å². The molecule has 0 radical (unpaired) electrons. The van der Waals surface area contributed by atoms with Crippen molar-refractivity contribution in [3.8, 4) is 5.75 Å². The number of carboxylic acid groups (broad SMARTS) is 1. The Morgan fingerprint density at radius 1 is 1.39 bits per heavy atom. The average molecular weight is 283 g/mol. The van der Waals surface area contributed by atoms with Crippen molar-refractivity contribution in [2.75, 3.05) is 6.61 Å². The first-order chi connectivity index (χ1) is 8.66. The number of benzene rings is 1. The molecule has 0 spiro atoms. The summed E-state index contributed by atoms with van der Waals surface area (Å²) in [5.41, 5.74) is 0.130. The molecule has 2 rings (SSSR count). The van der Waals surface area contributed by atoms with E-state index in [1.165, 1.54) is 23.1 Å². The molecular formula is C13H11ClO3S. The van der Waals surface area contributed by atoms with Gasteiger partial charge in [0.2, 0.25) is 0 Å². The molecule has 3 nitrogen and oxygen atoms in total. The highest BCUT2D eigenvalue weighted by atomic mass is 35.5. The second kappa shape index (κ2) is 5.89. The van der Waals surface area contributed by atoms with Gasteiger partial charge >= 0.3 is 5.97 Å². The van der Waals surface area contributed by atoms with Gasteiger partial charge in [0.05, 0.1) is 6.61 Å². The molecule has 0 saturated heterocycles. The summed E-state index contributed by atoms with van der Waals surface area (Å²) in [5.74, 6) is -0.704. The van der Waals surface area contributed by atoms with E-state index >= 15 is 0 Å². The standard InChI is InChI=1S/C13H11ClO3S/c14-9-3-4-11(13(15)16)12(8-9)17-6-5-10-2-1-7-18-10/h1-4,7-8H,5-6H2,(H,15,16). The summed E-state index contributed by atoms with van der Waals surface area (Å²) < 4.78 is 5.49. The van der Waals surface area contributed by atoms with E-state index in [1.807, 2.05) is 17.5 Å². The molecule has 1 aromatic carbocycles. The number of carbonyl (C=O) groups is 1. The zero-order valence-corrected chi connectivity index (χ0v) is 11.0. The summed E-state index contributed by atoms with van der Waals surface area (Å²) in [5, 5.41) is 11.5. The molecule has 0 aliphatic carbocycles. The van der Waals surface area contributed by atoms with Crippen LogP contribution in [0.1, 0.15) is 15.2 Å². The first-order valence-corrected chi connectivity index (χ1v) is 6.60. The van der Waals surface area contributed by atoms with Crippen LogP contribution in [0.15, 0.2) is 35.7 Å². The zero-order valence-electron chi connectivity index (χ0n) is 9.43. The summed E-state index contributed by atoms with van der Waals surface area (Å²) in [6, 6.07) is 8.51. The summed E-state index contributed by atoms with van der Waals surface area (Å²) >= 11 is 7.48. The van der Waals surface area contributed by atoms with E-state index in [9.17, 15) is 4.79 Å². The third-order valence-corrected chi connectivity index (χ3v) is 3.53. The lowest BCUT2D eigenvalue weighted by Gasteiger charge is -2.08. The van der Waals surface area contributed by atoms with Gasteiger partial charge in [-0.2, -0.15) is 0 Å². The first kappa shape index (κ1) is 12.9. The second-order valence-electron chi connectivity index (χ2n) is 3.62. The first-order valence-electron chi connectivity index (χ1n) is 5.35. The fourth-order valence-corrected chi connectivity index (χ4v) is 2.36. The minimum absolute atomic E-state index is 0.130. The fourth-order valence-electron chi connectivity index (χ4n) is 1.51. The van der Waals surface area contributed by atoms with Crippen LogP contribution >= 0.6 is 22.9 Å². The third kappa shape index (κ3) is 3.24. The van der Waals surface area contributed by atoms with Crippen molar-refractivity contribution in [2.24, 2.45) is 0 Å². The molecule has 0 atom stereocenters. The van der Waals surface area contributed by atoms with Gasteiger partial charge in [0.25, 0.3) is 0 Å². The van der Waals surface area contributed by atoms with Gasteiger partial charge in [-0.1, -0.05) is 17.7 Å². The number of aromatic carboxylic acids is 1. The average Bonchev–Trinajstić information content (AvgIpc) is 2.82. The van der Waals surface area contributed by atoms with Crippen LogP contribution in [0.2, 0.25) is 5.02 Å². The maximum atomic E-state index is 11.0. The smallest absolute Gasteiger partial charge is 0.339 e. The van der Waals surface area contributed by atoms with Gasteiger partial charge < -0.3 is 9.84 Å². The minimum Gasteiger partial charge on any atom is -0.492 e. The van der Waals surface area contributed by atoms with Crippen LogP contribution in [-0.4, -0.2) is 17.7 Å². The highest BCUT2D eigenvalue weighted by Gasteiger charge is 2.11. The highest BCUT2D eigenvalue weighted by Crippen LogP contribution is 2.23. The molecule has 18 heavy (non-hydrogen) atoms. The van der Waals surface area contributed by atoms with Crippen molar-refractivity contribution in [2.45, 2.75) is 6.42 Å². The van der Waals surface area contributed by atoms with Crippen molar-refractivity contribution in [1.29, 1.82) is 0 Å². The zero-order chi connectivity index (χ0) is 13.0. The molecule has 1 heterocycles. The molecule has 1 N–H and O–H groups in total. The largest absolute Gasteiger partial charge is 0.492 e. The van der Waals surface area contributed by atoms with Gasteiger partial charge in [-0.15, -0.1) is 11.3 Å². The SMILES string of the molecule is O=C(O)c1ccc(Cl)cc1OCCc1cccs1. The van der Waals surface area contributed by atoms with Crippen molar-refractivity contribution in [1.82, 2.24) is 0 Å². The Kier molecular flexibility index (Phi) is 4.23. The molecule has 94 valence electrons. The molecule has 0 aliphatic heterocycles. The summed E-state index contributed by atoms with van der Waals surface area (Å²) in [7, 11) is 0. The van der Waals surface area contributed by atoms with Crippen LogP contribution in [0.3, 0.4) is 0 Å². The monoisotopic (exact) mass is 282 g/mol. The number of thiophene rings is 1. The summed E-state index contributed by atoms with van der Waals surface area (Å²) in [6.07, 6.45) is 0.753. The Hall–Kier alpha value is -1.52. The van der Waals surface area contributed by atoms with E-state index < -0.39 is 5.97 Å². The predicted octanol–water partition coefficient (Wildman–Crippen LogP) is 3.72. The number of hydrogen-bond acceptors (Lipinski definition) is 3. The summed E-state index contributed by atoms with van der Waals surface area (Å²) in [6.45, 7) is 0.432. The lowest BCUT2D eigenvalue weighted by atomic mass is 10.2. The lowest BCUT2D eigenvalue weighted by molar-refractivity contribution is 0.0692. The van der Waals surface area contributed by atoms with Crippen molar-refractivity contribution >= 4 is 28.9 Å². The van der Waals surface area contributed by atoms with Gasteiger partial charge in [-0.05, 0) is 29.6 Å². The normalized spacial score (nSPS) is 10.3. The fraction of sp³-hybridized carbons (Fsp3) is 0.154. The van der Waals surface area contributed by atoms with Gasteiger partial charge in [0, 0.05) is 16.3 Å². The number of halogens is 1. The molecule has 5 heteroatoms.